The summed E-state index contributed by atoms with van der Waals surface area (Å²) in [6.07, 6.45) is 0. The van der Waals surface area contributed by atoms with Crippen molar-refractivity contribution < 1.29 is 9.31 Å². The predicted octanol–water partition coefficient (Wildman–Crippen LogP) is 8.55. The third-order valence-electron chi connectivity index (χ3n) is 8.60. The standard InChI is InChI=1S/C36H33BN2O2/c1-35(2)36(3,4)41-37(40-35)26-20-22-31-32-25-30(38(27-14-8-5-9-15-27)28-16-10-6-11-17-28)21-23-33(32)39(34(31)24-26)29-18-12-7-13-19-29/h5-25H,1-4H3. The topological polar surface area (TPSA) is 26.6 Å². The van der Waals surface area contributed by atoms with Crippen molar-refractivity contribution in [2.75, 3.05) is 4.90 Å². The number of benzene rings is 5. The maximum Gasteiger partial charge on any atom is 0.494 e. The minimum atomic E-state index is -0.422. The summed E-state index contributed by atoms with van der Waals surface area (Å²) in [5.41, 5.74) is 6.97. The Balaban J connectivity index is 1.44. The molecule has 6 aromatic rings. The van der Waals surface area contributed by atoms with E-state index in [0.717, 1.165) is 39.2 Å². The van der Waals surface area contributed by atoms with Gasteiger partial charge in [0, 0.05) is 33.5 Å². The van der Waals surface area contributed by atoms with Gasteiger partial charge >= 0.3 is 7.12 Å². The van der Waals surface area contributed by atoms with Crippen molar-refractivity contribution in [1.29, 1.82) is 0 Å². The van der Waals surface area contributed by atoms with E-state index in [1.807, 2.05) is 0 Å². The van der Waals surface area contributed by atoms with Crippen LogP contribution >= 0.6 is 0 Å². The van der Waals surface area contributed by atoms with Gasteiger partial charge in [0.15, 0.2) is 0 Å². The zero-order valence-corrected chi connectivity index (χ0v) is 23.9. The average Bonchev–Trinajstić information content (AvgIpc) is 3.43. The van der Waals surface area contributed by atoms with Gasteiger partial charge in [-0.1, -0.05) is 66.7 Å². The number of aromatic nitrogens is 1. The molecule has 1 aliphatic heterocycles. The monoisotopic (exact) mass is 536 g/mol. The van der Waals surface area contributed by atoms with Crippen molar-refractivity contribution in [3.05, 3.63) is 127 Å². The Kier molecular flexibility index (Phi) is 6.04. The first-order chi connectivity index (χ1) is 19.8. The van der Waals surface area contributed by atoms with Gasteiger partial charge in [0.25, 0.3) is 0 Å². The number of anilines is 3. The van der Waals surface area contributed by atoms with E-state index >= 15 is 0 Å². The Bertz CT molecular complexity index is 1790. The molecule has 0 spiro atoms. The van der Waals surface area contributed by atoms with Gasteiger partial charge in [-0.3, -0.25) is 0 Å². The Hall–Kier alpha value is -4.32. The fourth-order valence-electron chi connectivity index (χ4n) is 5.75. The number of hydrogen-bond donors (Lipinski definition) is 0. The molecule has 202 valence electrons. The second-order valence-corrected chi connectivity index (χ2v) is 11.7. The normalized spacial score (nSPS) is 16.0. The molecule has 1 fully saturated rings. The van der Waals surface area contributed by atoms with Crippen molar-refractivity contribution in [2.24, 2.45) is 0 Å². The van der Waals surface area contributed by atoms with Crippen molar-refractivity contribution >= 4 is 51.4 Å². The summed E-state index contributed by atoms with van der Waals surface area (Å²) in [6, 6.07) is 45.0. The molecule has 4 nitrogen and oxygen atoms in total. The van der Waals surface area contributed by atoms with Gasteiger partial charge in [-0.2, -0.15) is 0 Å². The molecule has 0 N–H and O–H groups in total. The molecule has 5 aromatic carbocycles. The third-order valence-corrected chi connectivity index (χ3v) is 8.60. The highest BCUT2D eigenvalue weighted by Crippen LogP contribution is 2.40. The summed E-state index contributed by atoms with van der Waals surface area (Å²) >= 11 is 0. The maximum atomic E-state index is 6.43. The van der Waals surface area contributed by atoms with Crippen LogP contribution in [-0.4, -0.2) is 22.9 Å². The van der Waals surface area contributed by atoms with Gasteiger partial charge in [-0.05, 0) is 93.8 Å². The molecule has 7 rings (SSSR count). The minimum absolute atomic E-state index is 0.397. The summed E-state index contributed by atoms with van der Waals surface area (Å²) in [5, 5.41) is 2.38. The highest BCUT2D eigenvalue weighted by atomic mass is 16.7. The summed E-state index contributed by atoms with van der Waals surface area (Å²) < 4.78 is 15.2. The second kappa shape index (κ2) is 9.65. The molecule has 0 aliphatic carbocycles. The lowest BCUT2D eigenvalue weighted by molar-refractivity contribution is 0.00578. The van der Waals surface area contributed by atoms with Crippen molar-refractivity contribution in [1.82, 2.24) is 4.57 Å². The van der Waals surface area contributed by atoms with Gasteiger partial charge < -0.3 is 18.8 Å². The van der Waals surface area contributed by atoms with Gasteiger partial charge in [0.1, 0.15) is 0 Å². The largest absolute Gasteiger partial charge is 0.494 e. The first kappa shape index (κ1) is 25.6. The van der Waals surface area contributed by atoms with E-state index in [-0.39, 0.29) is 0 Å². The molecule has 0 atom stereocenters. The molecule has 1 aliphatic rings. The summed E-state index contributed by atoms with van der Waals surface area (Å²) in [4.78, 5) is 2.31. The molecular formula is C36H33BN2O2. The first-order valence-electron chi connectivity index (χ1n) is 14.2. The highest BCUT2D eigenvalue weighted by molar-refractivity contribution is 6.62. The van der Waals surface area contributed by atoms with Crippen LogP contribution in [0.25, 0.3) is 27.5 Å². The predicted molar refractivity (Wildman–Crippen MR) is 171 cm³/mol. The van der Waals surface area contributed by atoms with Crippen LogP contribution in [0.5, 0.6) is 0 Å². The van der Waals surface area contributed by atoms with Crippen LogP contribution in [0.4, 0.5) is 17.1 Å². The van der Waals surface area contributed by atoms with E-state index < -0.39 is 18.3 Å². The summed E-state index contributed by atoms with van der Waals surface area (Å²) in [6.45, 7) is 8.39. The van der Waals surface area contributed by atoms with Gasteiger partial charge in [0.2, 0.25) is 0 Å². The lowest BCUT2D eigenvalue weighted by Gasteiger charge is -2.32. The molecule has 5 heteroatoms. The molecule has 0 radical (unpaired) electrons. The van der Waals surface area contributed by atoms with E-state index in [9.17, 15) is 0 Å². The SMILES string of the molecule is CC1(C)OB(c2ccc3c4cc(N(c5ccccc5)c5ccccc5)ccc4n(-c4ccccc4)c3c2)OC1(C)C. The van der Waals surface area contributed by atoms with E-state index in [0.29, 0.717) is 0 Å². The number of rotatable bonds is 5. The zero-order valence-electron chi connectivity index (χ0n) is 23.9. The molecule has 0 amide bonds. The molecule has 0 saturated carbocycles. The van der Waals surface area contributed by atoms with Crippen LogP contribution in [-0.2, 0) is 9.31 Å². The number of hydrogen-bond acceptors (Lipinski definition) is 3. The smallest absolute Gasteiger partial charge is 0.399 e. The van der Waals surface area contributed by atoms with Gasteiger partial charge in [-0.15, -0.1) is 0 Å². The molecule has 1 aromatic heterocycles. The molecular weight excluding hydrogens is 503 g/mol. The summed E-state index contributed by atoms with van der Waals surface area (Å²) in [5.74, 6) is 0. The lowest BCUT2D eigenvalue weighted by Crippen LogP contribution is -2.41. The maximum absolute atomic E-state index is 6.43. The molecule has 2 heterocycles. The van der Waals surface area contributed by atoms with E-state index in [2.05, 4.69) is 165 Å². The number of para-hydroxylation sites is 3. The van der Waals surface area contributed by atoms with Crippen LogP contribution < -0.4 is 10.4 Å². The number of fused-ring (bicyclic) bond motifs is 3. The Morgan fingerprint density at radius 3 is 1.68 bits per heavy atom. The van der Waals surface area contributed by atoms with Crippen LogP contribution in [0.15, 0.2) is 127 Å². The average molecular weight is 536 g/mol. The van der Waals surface area contributed by atoms with Crippen LogP contribution in [0.2, 0.25) is 0 Å². The van der Waals surface area contributed by atoms with Crippen LogP contribution in [0.3, 0.4) is 0 Å². The van der Waals surface area contributed by atoms with Gasteiger partial charge in [-0.25, -0.2) is 0 Å². The second-order valence-electron chi connectivity index (χ2n) is 11.7. The Morgan fingerprint density at radius 1 is 0.537 bits per heavy atom. The first-order valence-corrected chi connectivity index (χ1v) is 14.2. The number of nitrogens with zero attached hydrogens (tertiary/aromatic N) is 2. The van der Waals surface area contributed by atoms with Crippen molar-refractivity contribution in [2.45, 2.75) is 38.9 Å². The minimum Gasteiger partial charge on any atom is -0.399 e. The molecule has 0 unspecified atom stereocenters. The molecule has 41 heavy (non-hydrogen) atoms. The molecule has 1 saturated heterocycles. The quantitative estimate of drug-likeness (QED) is 0.207. The van der Waals surface area contributed by atoms with Crippen molar-refractivity contribution in [3.63, 3.8) is 0 Å². The Labute approximate surface area is 241 Å². The fraction of sp³-hybridized carbons (Fsp3) is 0.167. The van der Waals surface area contributed by atoms with E-state index in [1.165, 1.54) is 10.8 Å². The molecule has 0 bridgehead atoms. The van der Waals surface area contributed by atoms with Gasteiger partial charge in [0.05, 0.1) is 22.2 Å². The zero-order chi connectivity index (χ0) is 28.2. The highest BCUT2D eigenvalue weighted by Gasteiger charge is 2.51. The lowest BCUT2D eigenvalue weighted by atomic mass is 9.79. The summed E-state index contributed by atoms with van der Waals surface area (Å²) in [7, 11) is -0.422. The van der Waals surface area contributed by atoms with Crippen molar-refractivity contribution in [3.8, 4) is 5.69 Å². The van der Waals surface area contributed by atoms with Crippen LogP contribution in [0.1, 0.15) is 27.7 Å². The van der Waals surface area contributed by atoms with Crippen LogP contribution in [0, 0.1) is 0 Å². The fourth-order valence-corrected chi connectivity index (χ4v) is 5.75. The van der Waals surface area contributed by atoms with E-state index in [1.54, 1.807) is 0 Å². The Morgan fingerprint density at radius 2 is 1.10 bits per heavy atom. The van der Waals surface area contributed by atoms with E-state index in [4.69, 9.17) is 9.31 Å². The third kappa shape index (κ3) is 4.33.